The number of H-pyrrole nitrogens is 2. The summed E-state index contributed by atoms with van der Waals surface area (Å²) in [6, 6.07) is 15.2. The summed E-state index contributed by atoms with van der Waals surface area (Å²) in [4.78, 5) is 46.1. The van der Waals surface area contributed by atoms with Crippen molar-refractivity contribution in [3.63, 3.8) is 0 Å². The number of nitrogens with zero attached hydrogens (tertiary/aromatic N) is 4. The molecule has 2 aromatic heterocycles. The molecule has 5 aromatic rings. The molecule has 2 atom stereocenters. The number of imidazole rings is 2. The van der Waals surface area contributed by atoms with Crippen molar-refractivity contribution in [1.29, 1.82) is 0 Å². The summed E-state index contributed by atoms with van der Waals surface area (Å²) in [5, 5.41) is 2.11. The third-order valence-corrected chi connectivity index (χ3v) is 9.79. The number of carbonyl (C=O) groups excluding carboxylic acids is 2. The number of nitrogens with one attached hydrogen (secondary N) is 2. The quantitative estimate of drug-likeness (QED) is 0.133. The molecule has 0 spiro atoms. The zero-order valence-electron chi connectivity index (χ0n) is 29.2. The summed E-state index contributed by atoms with van der Waals surface area (Å²) < 4.78 is 6.36. The molecule has 252 valence electrons. The van der Waals surface area contributed by atoms with E-state index in [9.17, 15) is 9.59 Å². The second kappa shape index (κ2) is 14.2. The molecular weight excluding hydrogens is 600 g/mol. The summed E-state index contributed by atoms with van der Waals surface area (Å²) in [5.74, 6) is 2.75. The second-order valence-corrected chi connectivity index (χ2v) is 13.2. The fraction of sp³-hybridized carbons (Fsp3) is 0.436. The number of carbonyl (C=O) groups is 2. The van der Waals surface area contributed by atoms with Crippen LogP contribution in [0.3, 0.4) is 0 Å². The average Bonchev–Trinajstić information content (AvgIpc) is 3.75. The molecule has 6 rings (SSSR count). The Morgan fingerprint density at radius 1 is 0.833 bits per heavy atom. The van der Waals surface area contributed by atoms with E-state index in [4.69, 9.17) is 9.72 Å². The molecule has 48 heavy (non-hydrogen) atoms. The van der Waals surface area contributed by atoms with Crippen molar-refractivity contribution in [2.45, 2.75) is 112 Å². The van der Waals surface area contributed by atoms with Crippen LogP contribution in [-0.4, -0.2) is 53.6 Å². The Morgan fingerprint density at radius 3 is 2.19 bits per heavy atom. The summed E-state index contributed by atoms with van der Waals surface area (Å²) in [6.45, 7) is 13.9. The molecule has 9 nitrogen and oxygen atoms in total. The Kier molecular flexibility index (Phi) is 9.85. The van der Waals surface area contributed by atoms with Crippen LogP contribution in [0.5, 0.6) is 5.75 Å². The minimum atomic E-state index is 0.145. The lowest BCUT2D eigenvalue weighted by Crippen LogP contribution is -2.37. The number of ether oxygens (including phenoxy) is 1. The predicted octanol–water partition coefficient (Wildman–Crippen LogP) is 8.52. The Hall–Kier alpha value is -4.66. The van der Waals surface area contributed by atoms with Gasteiger partial charge in [0.05, 0.1) is 36.0 Å². The van der Waals surface area contributed by atoms with E-state index in [2.05, 4.69) is 85.1 Å². The van der Waals surface area contributed by atoms with Gasteiger partial charge in [0.2, 0.25) is 11.8 Å². The van der Waals surface area contributed by atoms with Gasteiger partial charge in [-0.1, -0.05) is 45.9 Å². The van der Waals surface area contributed by atoms with Crippen LogP contribution in [0.4, 0.5) is 0 Å². The highest BCUT2D eigenvalue weighted by Crippen LogP contribution is 2.42. The number of hydrogen-bond donors (Lipinski definition) is 2. The van der Waals surface area contributed by atoms with Crippen molar-refractivity contribution >= 4 is 33.6 Å². The predicted molar refractivity (Wildman–Crippen MR) is 191 cm³/mol. The molecule has 9 heteroatoms. The third-order valence-electron chi connectivity index (χ3n) is 9.79. The zero-order valence-corrected chi connectivity index (χ0v) is 29.2. The van der Waals surface area contributed by atoms with Gasteiger partial charge in [-0.15, -0.1) is 0 Å². The van der Waals surface area contributed by atoms with Gasteiger partial charge in [-0.25, -0.2) is 9.97 Å². The van der Waals surface area contributed by atoms with Gasteiger partial charge in [0.1, 0.15) is 24.0 Å². The second-order valence-electron chi connectivity index (χ2n) is 13.2. The van der Waals surface area contributed by atoms with Gasteiger partial charge in [0, 0.05) is 35.9 Å². The van der Waals surface area contributed by atoms with Crippen molar-refractivity contribution in [3.05, 3.63) is 65.9 Å². The van der Waals surface area contributed by atoms with Crippen LogP contribution in [0.15, 0.2) is 48.7 Å². The maximum atomic E-state index is 12.9. The molecule has 0 aliphatic carbocycles. The van der Waals surface area contributed by atoms with E-state index in [-0.39, 0.29) is 23.9 Å². The van der Waals surface area contributed by atoms with Crippen molar-refractivity contribution in [2.75, 3.05) is 0 Å². The van der Waals surface area contributed by atoms with E-state index in [1.807, 2.05) is 29.8 Å². The first-order valence-corrected chi connectivity index (χ1v) is 17.6. The van der Waals surface area contributed by atoms with E-state index in [1.54, 1.807) is 0 Å². The minimum absolute atomic E-state index is 0.145. The smallest absolute Gasteiger partial charge is 0.223 e. The summed E-state index contributed by atoms with van der Waals surface area (Å²) in [7, 11) is 0. The fourth-order valence-electron chi connectivity index (χ4n) is 6.63. The molecule has 0 unspecified atom stereocenters. The van der Waals surface area contributed by atoms with Crippen LogP contribution in [0, 0.1) is 0 Å². The van der Waals surface area contributed by atoms with Crippen molar-refractivity contribution < 1.29 is 14.3 Å². The normalized spacial score (nSPS) is 13.5. The molecule has 2 amide bonds. The van der Waals surface area contributed by atoms with E-state index in [1.165, 1.54) is 0 Å². The number of amides is 2. The molecular formula is C39H48N6O3. The molecule has 0 saturated carbocycles. The topological polar surface area (TPSA) is 107 Å². The van der Waals surface area contributed by atoms with Gasteiger partial charge < -0.3 is 24.5 Å². The largest absolute Gasteiger partial charge is 0.488 e. The molecule has 0 bridgehead atoms. The van der Waals surface area contributed by atoms with Crippen LogP contribution in [0.2, 0.25) is 0 Å². The molecule has 2 N–H and O–H groups in total. The maximum Gasteiger partial charge on any atom is 0.223 e. The SMILES string of the molecule is CCCC(=O)N(Cc1ncc(-c2ccc3c(c2)COc2cc4c(ccc5[nH]c(CN(C(=O)CCC)[C@@H](C)CC)nc54)cc2-3)[nH]1)[C@@H](C)CC. The number of aromatic amines is 2. The maximum absolute atomic E-state index is 12.9. The fourth-order valence-corrected chi connectivity index (χ4v) is 6.63. The van der Waals surface area contributed by atoms with Crippen LogP contribution >= 0.6 is 0 Å². The monoisotopic (exact) mass is 648 g/mol. The standard InChI is InChI=1S/C39H48N6O3/c1-7-11-37(46)44(24(5)9-3)21-35-40-20-33(42-35)27-13-15-29-28(17-27)23-48-34-19-30-26(18-31(29)34)14-16-32-39(30)43-36(41-32)22-45(25(6)10-4)38(47)12-8-2/h13-20,24-25H,7-12,21-23H2,1-6H3,(H,40,42)(H,41,43)/t24-,25-/m0/s1. The van der Waals surface area contributed by atoms with E-state index >= 15 is 0 Å². The average molecular weight is 649 g/mol. The highest BCUT2D eigenvalue weighted by molar-refractivity contribution is 6.07. The van der Waals surface area contributed by atoms with Crippen LogP contribution < -0.4 is 4.74 Å². The Bertz CT molecular complexity index is 1940. The Balaban J connectivity index is 1.26. The number of aromatic nitrogens is 4. The summed E-state index contributed by atoms with van der Waals surface area (Å²) in [6.07, 6.45) is 6.40. The van der Waals surface area contributed by atoms with Crippen molar-refractivity contribution in [1.82, 2.24) is 29.7 Å². The Morgan fingerprint density at radius 2 is 1.52 bits per heavy atom. The van der Waals surface area contributed by atoms with Gasteiger partial charge in [0.15, 0.2) is 0 Å². The minimum Gasteiger partial charge on any atom is -0.488 e. The Labute approximate surface area is 283 Å². The van der Waals surface area contributed by atoms with Gasteiger partial charge in [-0.3, -0.25) is 9.59 Å². The van der Waals surface area contributed by atoms with Crippen LogP contribution in [0.1, 0.15) is 97.3 Å². The van der Waals surface area contributed by atoms with E-state index in [0.717, 1.165) is 92.8 Å². The summed E-state index contributed by atoms with van der Waals surface area (Å²) >= 11 is 0. The van der Waals surface area contributed by atoms with Gasteiger partial charge >= 0.3 is 0 Å². The number of hydrogen-bond acceptors (Lipinski definition) is 5. The number of fused-ring (bicyclic) bond motifs is 6. The third kappa shape index (κ3) is 6.55. The highest BCUT2D eigenvalue weighted by atomic mass is 16.5. The van der Waals surface area contributed by atoms with Gasteiger partial charge in [0.25, 0.3) is 0 Å². The lowest BCUT2D eigenvalue weighted by atomic mass is 9.92. The van der Waals surface area contributed by atoms with Crippen LogP contribution in [0.25, 0.3) is 44.2 Å². The lowest BCUT2D eigenvalue weighted by Gasteiger charge is -2.27. The zero-order chi connectivity index (χ0) is 33.9. The molecule has 0 saturated heterocycles. The van der Waals surface area contributed by atoms with Gasteiger partial charge in [-0.2, -0.15) is 0 Å². The molecule has 0 radical (unpaired) electrons. The molecule has 1 aliphatic heterocycles. The van der Waals surface area contributed by atoms with Gasteiger partial charge in [-0.05, 0) is 85.9 Å². The number of benzene rings is 3. The van der Waals surface area contributed by atoms with Crippen LogP contribution in [-0.2, 0) is 29.3 Å². The van der Waals surface area contributed by atoms with E-state index in [0.29, 0.717) is 32.5 Å². The van der Waals surface area contributed by atoms with Crippen molar-refractivity contribution in [3.8, 4) is 28.1 Å². The first-order chi connectivity index (χ1) is 23.2. The lowest BCUT2D eigenvalue weighted by molar-refractivity contribution is -0.135. The number of rotatable bonds is 13. The molecule has 1 aliphatic rings. The summed E-state index contributed by atoms with van der Waals surface area (Å²) in [5.41, 5.74) is 7.11. The van der Waals surface area contributed by atoms with Crippen molar-refractivity contribution in [2.24, 2.45) is 0 Å². The van der Waals surface area contributed by atoms with E-state index < -0.39 is 0 Å². The highest BCUT2D eigenvalue weighted by Gasteiger charge is 2.24. The first kappa shape index (κ1) is 33.2. The molecule has 0 fully saturated rings. The molecule has 3 aromatic carbocycles. The molecule has 3 heterocycles. The first-order valence-electron chi connectivity index (χ1n) is 17.6.